The minimum atomic E-state index is -0.472. The van der Waals surface area contributed by atoms with Crippen LogP contribution >= 0.6 is 15.9 Å². The molecule has 86 valence electrons. The largest absolute Gasteiger partial charge is 0.393 e. The molecule has 1 amide bonds. The highest BCUT2D eigenvalue weighted by atomic mass is 79.9. The lowest BCUT2D eigenvalue weighted by Gasteiger charge is -2.29. The maximum atomic E-state index is 11.8. The number of carbonyl (C=O) groups excluding carboxylic acids is 1. The molecule has 1 heterocycles. The van der Waals surface area contributed by atoms with Gasteiger partial charge in [0.15, 0.2) is 0 Å². The molecule has 0 saturated carbocycles. The number of aryl methyl sites for hydroxylation is 1. The fraction of sp³-hybridized carbons (Fsp3) is 0.417. The van der Waals surface area contributed by atoms with Crippen molar-refractivity contribution < 1.29 is 9.90 Å². The van der Waals surface area contributed by atoms with Gasteiger partial charge in [-0.05, 0) is 37.1 Å². The summed E-state index contributed by atoms with van der Waals surface area (Å²) >= 11 is 3.43. The molecule has 0 radical (unpaired) electrons. The predicted molar refractivity (Wildman–Crippen MR) is 66.5 cm³/mol. The standard InChI is InChI=1S/C12H14BrNO2/c1-8-6-9(2-3-11(8)13)14-5-4-10(15)7-12(14)16/h2-3,6,10,15H,4-5,7H2,1H3. The number of piperidine rings is 1. The van der Waals surface area contributed by atoms with E-state index in [1.807, 2.05) is 25.1 Å². The summed E-state index contributed by atoms with van der Waals surface area (Å²) in [6.07, 6.45) is 0.413. The molecule has 0 bridgehead atoms. The molecule has 0 spiro atoms. The third-order valence-corrected chi connectivity index (χ3v) is 3.74. The van der Waals surface area contributed by atoms with Crippen LogP contribution in [0, 0.1) is 6.92 Å². The lowest BCUT2D eigenvalue weighted by molar-refractivity contribution is -0.122. The number of aliphatic hydroxyl groups is 1. The van der Waals surface area contributed by atoms with Crippen molar-refractivity contribution in [3.63, 3.8) is 0 Å². The second-order valence-corrected chi connectivity index (χ2v) is 4.98. The van der Waals surface area contributed by atoms with Crippen LogP contribution in [0.4, 0.5) is 5.69 Å². The Bertz CT molecular complexity index is 419. The van der Waals surface area contributed by atoms with Gasteiger partial charge in [-0.25, -0.2) is 0 Å². The van der Waals surface area contributed by atoms with Gasteiger partial charge in [0.1, 0.15) is 0 Å². The summed E-state index contributed by atoms with van der Waals surface area (Å²) < 4.78 is 1.04. The van der Waals surface area contributed by atoms with Crippen molar-refractivity contribution in [3.8, 4) is 0 Å². The average Bonchev–Trinajstić information content (AvgIpc) is 2.22. The van der Waals surface area contributed by atoms with E-state index in [4.69, 9.17) is 0 Å². The van der Waals surface area contributed by atoms with Crippen LogP contribution in [0.5, 0.6) is 0 Å². The molecule has 1 unspecified atom stereocenters. The van der Waals surface area contributed by atoms with Crippen LogP contribution in [0.2, 0.25) is 0 Å². The Balaban J connectivity index is 2.24. The Kier molecular flexibility index (Phi) is 3.30. The van der Waals surface area contributed by atoms with E-state index >= 15 is 0 Å². The lowest BCUT2D eigenvalue weighted by atomic mass is 10.1. The SMILES string of the molecule is Cc1cc(N2CCC(O)CC2=O)ccc1Br. The number of hydrogen-bond acceptors (Lipinski definition) is 2. The summed E-state index contributed by atoms with van der Waals surface area (Å²) in [6, 6.07) is 5.86. The minimum absolute atomic E-state index is 0.000437. The van der Waals surface area contributed by atoms with Crippen LogP contribution in [-0.2, 0) is 4.79 Å². The number of hydrogen-bond donors (Lipinski definition) is 1. The van der Waals surface area contributed by atoms with Gasteiger partial charge >= 0.3 is 0 Å². The number of benzene rings is 1. The van der Waals surface area contributed by atoms with Crippen molar-refractivity contribution in [1.29, 1.82) is 0 Å². The van der Waals surface area contributed by atoms with Gasteiger partial charge in [-0.2, -0.15) is 0 Å². The molecule has 1 aromatic carbocycles. The van der Waals surface area contributed by atoms with E-state index in [-0.39, 0.29) is 12.3 Å². The molecule has 0 aromatic heterocycles. The van der Waals surface area contributed by atoms with E-state index in [1.165, 1.54) is 0 Å². The zero-order valence-corrected chi connectivity index (χ0v) is 10.7. The highest BCUT2D eigenvalue weighted by Crippen LogP contribution is 2.25. The first-order valence-electron chi connectivity index (χ1n) is 5.32. The van der Waals surface area contributed by atoms with Crippen molar-refractivity contribution in [2.24, 2.45) is 0 Å². The Labute approximate surface area is 103 Å². The smallest absolute Gasteiger partial charge is 0.229 e. The molecule has 1 aromatic rings. The number of halogens is 1. The lowest BCUT2D eigenvalue weighted by Crippen LogP contribution is -2.40. The first-order chi connectivity index (χ1) is 7.58. The minimum Gasteiger partial charge on any atom is -0.393 e. The number of nitrogens with zero attached hydrogens (tertiary/aromatic N) is 1. The highest BCUT2D eigenvalue weighted by molar-refractivity contribution is 9.10. The van der Waals surface area contributed by atoms with E-state index in [0.29, 0.717) is 13.0 Å². The maximum Gasteiger partial charge on any atom is 0.229 e. The average molecular weight is 284 g/mol. The summed E-state index contributed by atoms with van der Waals surface area (Å²) in [5.41, 5.74) is 2.02. The van der Waals surface area contributed by atoms with Crippen molar-refractivity contribution >= 4 is 27.5 Å². The fourth-order valence-corrected chi connectivity index (χ4v) is 2.13. The number of rotatable bonds is 1. The summed E-state index contributed by atoms with van der Waals surface area (Å²) in [5.74, 6) is 0.000437. The monoisotopic (exact) mass is 283 g/mol. The van der Waals surface area contributed by atoms with Gasteiger partial charge in [0, 0.05) is 16.7 Å². The summed E-state index contributed by atoms with van der Waals surface area (Å²) in [7, 11) is 0. The third kappa shape index (κ3) is 2.28. The molecule has 1 N–H and O–H groups in total. The van der Waals surface area contributed by atoms with Gasteiger partial charge in [0.05, 0.1) is 12.5 Å². The number of amides is 1. The second-order valence-electron chi connectivity index (χ2n) is 4.13. The number of anilines is 1. The second kappa shape index (κ2) is 4.55. The molecule has 1 fully saturated rings. The summed E-state index contributed by atoms with van der Waals surface area (Å²) in [5, 5.41) is 9.39. The molecule has 3 nitrogen and oxygen atoms in total. The van der Waals surface area contributed by atoms with E-state index < -0.39 is 6.10 Å². The van der Waals surface area contributed by atoms with Crippen molar-refractivity contribution in [1.82, 2.24) is 0 Å². The van der Waals surface area contributed by atoms with E-state index in [0.717, 1.165) is 15.7 Å². The quantitative estimate of drug-likeness (QED) is 0.859. The van der Waals surface area contributed by atoms with Crippen molar-refractivity contribution in [2.75, 3.05) is 11.4 Å². The molecule has 1 atom stereocenters. The van der Waals surface area contributed by atoms with Gasteiger partial charge in [-0.15, -0.1) is 0 Å². The van der Waals surface area contributed by atoms with Crippen LogP contribution in [0.25, 0.3) is 0 Å². The molecule has 4 heteroatoms. The van der Waals surface area contributed by atoms with Crippen LogP contribution < -0.4 is 4.90 Å². The van der Waals surface area contributed by atoms with Gasteiger partial charge in [-0.1, -0.05) is 15.9 Å². The van der Waals surface area contributed by atoms with Crippen molar-refractivity contribution in [2.45, 2.75) is 25.9 Å². The zero-order valence-electron chi connectivity index (χ0n) is 9.11. The molecule has 1 aliphatic rings. The first kappa shape index (κ1) is 11.6. The Morgan fingerprint density at radius 1 is 1.50 bits per heavy atom. The number of aliphatic hydroxyl groups excluding tert-OH is 1. The molecule has 16 heavy (non-hydrogen) atoms. The van der Waals surface area contributed by atoms with Crippen LogP contribution in [0.3, 0.4) is 0 Å². The van der Waals surface area contributed by atoms with Gasteiger partial charge in [0.25, 0.3) is 0 Å². The van der Waals surface area contributed by atoms with E-state index in [1.54, 1.807) is 4.90 Å². The van der Waals surface area contributed by atoms with E-state index in [9.17, 15) is 9.90 Å². The summed E-state index contributed by atoms with van der Waals surface area (Å²) in [6.45, 7) is 2.60. The van der Waals surface area contributed by atoms with Gasteiger partial charge in [-0.3, -0.25) is 4.79 Å². The predicted octanol–water partition coefficient (Wildman–Crippen LogP) is 2.25. The van der Waals surface area contributed by atoms with Crippen LogP contribution in [0.15, 0.2) is 22.7 Å². The Morgan fingerprint density at radius 3 is 2.88 bits per heavy atom. The topological polar surface area (TPSA) is 40.5 Å². The molecule has 1 aliphatic heterocycles. The molecular weight excluding hydrogens is 270 g/mol. The molecule has 0 aliphatic carbocycles. The van der Waals surface area contributed by atoms with Gasteiger partial charge in [0.2, 0.25) is 5.91 Å². The van der Waals surface area contributed by atoms with Crippen LogP contribution in [-0.4, -0.2) is 23.7 Å². The van der Waals surface area contributed by atoms with Crippen molar-refractivity contribution in [3.05, 3.63) is 28.2 Å². The Morgan fingerprint density at radius 2 is 2.25 bits per heavy atom. The normalized spacial score (nSPS) is 21.3. The molecule has 2 rings (SSSR count). The van der Waals surface area contributed by atoms with Gasteiger partial charge < -0.3 is 10.0 Å². The molecule has 1 saturated heterocycles. The van der Waals surface area contributed by atoms with E-state index in [2.05, 4.69) is 15.9 Å². The molecular formula is C12H14BrNO2. The zero-order chi connectivity index (χ0) is 11.7. The summed E-state index contributed by atoms with van der Waals surface area (Å²) in [4.78, 5) is 13.5. The van der Waals surface area contributed by atoms with Crippen LogP contribution in [0.1, 0.15) is 18.4 Å². The first-order valence-corrected chi connectivity index (χ1v) is 6.12. The maximum absolute atomic E-state index is 11.8. The fourth-order valence-electron chi connectivity index (χ4n) is 1.89. The highest BCUT2D eigenvalue weighted by Gasteiger charge is 2.25. The number of carbonyl (C=O) groups is 1. The third-order valence-electron chi connectivity index (χ3n) is 2.85. The Hall–Kier alpha value is -0.870.